The van der Waals surface area contributed by atoms with Crippen LogP contribution in [0, 0.1) is 6.92 Å². The number of nitrogens with one attached hydrogen (secondary N) is 1. The van der Waals surface area contributed by atoms with Crippen molar-refractivity contribution in [2.45, 2.75) is 19.9 Å². The van der Waals surface area contributed by atoms with Gasteiger partial charge < -0.3 is 9.88 Å². The summed E-state index contributed by atoms with van der Waals surface area (Å²) in [6.07, 6.45) is 4.51. The average Bonchev–Trinajstić information content (AvgIpc) is 3.29. The minimum atomic E-state index is 0. The van der Waals surface area contributed by atoms with E-state index >= 15 is 0 Å². The number of aryl methyl sites for hydroxylation is 1. The molecule has 0 atom stereocenters. The maximum Gasteiger partial charge on any atom is 0.185 e. The fourth-order valence-corrected chi connectivity index (χ4v) is 3.05. The number of imidazole rings is 1. The van der Waals surface area contributed by atoms with Crippen LogP contribution in [0.4, 0.5) is 0 Å². The van der Waals surface area contributed by atoms with Crippen molar-refractivity contribution < 1.29 is 0 Å². The van der Waals surface area contributed by atoms with E-state index in [1.165, 1.54) is 0 Å². The Morgan fingerprint density at radius 1 is 1.07 bits per heavy atom. The molecule has 27 heavy (non-hydrogen) atoms. The summed E-state index contributed by atoms with van der Waals surface area (Å²) in [5, 5.41) is 20.2. The van der Waals surface area contributed by atoms with E-state index in [4.69, 9.17) is 4.98 Å². The van der Waals surface area contributed by atoms with Crippen molar-refractivity contribution in [1.29, 1.82) is 0 Å². The van der Waals surface area contributed by atoms with Crippen LogP contribution in [0.2, 0.25) is 0 Å². The summed E-state index contributed by atoms with van der Waals surface area (Å²) < 4.78 is 5.51. The number of hydrogen-bond donors (Lipinski definition) is 1. The molecule has 12 heteroatoms. The van der Waals surface area contributed by atoms with Gasteiger partial charge >= 0.3 is 0 Å². The van der Waals surface area contributed by atoms with Crippen LogP contribution in [0.25, 0.3) is 23.0 Å². The summed E-state index contributed by atoms with van der Waals surface area (Å²) in [5.74, 6) is 3.07. The van der Waals surface area contributed by atoms with Gasteiger partial charge in [0.05, 0.1) is 0 Å². The van der Waals surface area contributed by atoms with Crippen molar-refractivity contribution in [1.82, 2.24) is 49.4 Å². The molecule has 0 saturated heterocycles. The third-order valence-corrected chi connectivity index (χ3v) is 4.22. The molecule has 0 saturated carbocycles. The molecular formula is C15H18Cl2N10. The van der Waals surface area contributed by atoms with Crippen LogP contribution in [0.1, 0.15) is 11.6 Å². The van der Waals surface area contributed by atoms with Gasteiger partial charge in [0.25, 0.3) is 0 Å². The molecule has 10 nitrogen and oxygen atoms in total. The van der Waals surface area contributed by atoms with Crippen molar-refractivity contribution >= 4 is 30.5 Å². The molecule has 5 rings (SSSR count). The van der Waals surface area contributed by atoms with E-state index in [9.17, 15) is 0 Å². The number of aromatic nitrogens is 9. The largest absolute Gasteiger partial charge is 0.333 e. The first-order valence-corrected chi connectivity index (χ1v) is 8.16. The fraction of sp³-hybridized carbons (Fsp3) is 0.333. The SMILES string of the molecule is Cc1nc(-c2cn3c(n2)CCNCC3)n(-c2ccc3nncn3n2)n1.Cl.Cl. The zero-order valence-corrected chi connectivity index (χ0v) is 16.1. The van der Waals surface area contributed by atoms with Gasteiger partial charge in [-0.1, -0.05) is 0 Å². The van der Waals surface area contributed by atoms with E-state index in [1.807, 2.05) is 25.3 Å². The summed E-state index contributed by atoms with van der Waals surface area (Å²) in [4.78, 5) is 9.34. The molecule has 0 aliphatic carbocycles. The fourth-order valence-electron chi connectivity index (χ4n) is 3.05. The number of fused-ring (bicyclic) bond motifs is 2. The zero-order valence-electron chi connectivity index (χ0n) is 14.5. The molecular weight excluding hydrogens is 391 g/mol. The molecule has 142 valence electrons. The molecule has 0 unspecified atom stereocenters. The second-order valence-corrected chi connectivity index (χ2v) is 5.96. The Morgan fingerprint density at radius 3 is 2.85 bits per heavy atom. The highest BCUT2D eigenvalue weighted by molar-refractivity contribution is 5.85. The Morgan fingerprint density at radius 2 is 1.96 bits per heavy atom. The zero-order chi connectivity index (χ0) is 16.8. The lowest BCUT2D eigenvalue weighted by molar-refractivity contribution is 0.646. The minimum absolute atomic E-state index is 0. The van der Waals surface area contributed by atoms with Crippen LogP contribution in [-0.2, 0) is 13.0 Å². The maximum atomic E-state index is 4.77. The van der Waals surface area contributed by atoms with Crippen LogP contribution >= 0.6 is 24.8 Å². The number of halogens is 2. The molecule has 0 spiro atoms. The molecule has 1 N–H and O–H groups in total. The topological polar surface area (TPSA) is 104 Å². The van der Waals surface area contributed by atoms with E-state index in [2.05, 4.69) is 35.3 Å². The summed E-state index contributed by atoms with van der Waals surface area (Å²) in [5.41, 5.74) is 1.49. The second-order valence-electron chi connectivity index (χ2n) is 5.96. The molecule has 1 aliphatic rings. The maximum absolute atomic E-state index is 4.77. The van der Waals surface area contributed by atoms with Gasteiger partial charge in [-0.05, 0) is 19.1 Å². The van der Waals surface area contributed by atoms with Gasteiger partial charge in [0, 0.05) is 32.3 Å². The lowest BCUT2D eigenvalue weighted by atomic mass is 10.4. The second kappa shape index (κ2) is 7.59. The molecule has 4 aromatic heterocycles. The van der Waals surface area contributed by atoms with Gasteiger partial charge in [-0.25, -0.2) is 9.97 Å². The van der Waals surface area contributed by atoms with Crippen LogP contribution in [0.15, 0.2) is 24.7 Å². The first-order valence-electron chi connectivity index (χ1n) is 8.16. The lowest BCUT2D eigenvalue weighted by Gasteiger charge is -2.03. The number of hydrogen-bond acceptors (Lipinski definition) is 7. The van der Waals surface area contributed by atoms with E-state index in [1.54, 1.807) is 15.5 Å². The van der Waals surface area contributed by atoms with E-state index in [0.29, 0.717) is 23.1 Å². The third kappa shape index (κ3) is 3.38. The summed E-state index contributed by atoms with van der Waals surface area (Å²) >= 11 is 0. The molecule has 0 aromatic carbocycles. The molecule has 5 heterocycles. The predicted octanol–water partition coefficient (Wildman–Crippen LogP) is 0.866. The van der Waals surface area contributed by atoms with Gasteiger partial charge in [-0.15, -0.1) is 45.2 Å². The minimum Gasteiger partial charge on any atom is -0.333 e. The van der Waals surface area contributed by atoms with Crippen molar-refractivity contribution in [3.05, 3.63) is 36.3 Å². The molecule has 1 aliphatic heterocycles. The van der Waals surface area contributed by atoms with Crippen LogP contribution in [0.5, 0.6) is 0 Å². The van der Waals surface area contributed by atoms with Crippen molar-refractivity contribution in [2.24, 2.45) is 0 Å². The van der Waals surface area contributed by atoms with Crippen molar-refractivity contribution in [2.75, 3.05) is 13.1 Å². The van der Waals surface area contributed by atoms with E-state index < -0.39 is 0 Å². The predicted molar refractivity (Wildman–Crippen MR) is 103 cm³/mol. The average molecular weight is 409 g/mol. The highest BCUT2D eigenvalue weighted by Crippen LogP contribution is 2.21. The third-order valence-electron chi connectivity index (χ3n) is 4.22. The van der Waals surface area contributed by atoms with E-state index in [-0.39, 0.29) is 24.8 Å². The Bertz CT molecular complexity index is 1040. The van der Waals surface area contributed by atoms with Crippen LogP contribution < -0.4 is 5.32 Å². The normalized spacial score (nSPS) is 13.5. The molecule has 4 aromatic rings. The highest BCUT2D eigenvalue weighted by Gasteiger charge is 2.19. The van der Waals surface area contributed by atoms with Crippen LogP contribution in [-0.4, -0.2) is 57.2 Å². The summed E-state index contributed by atoms with van der Waals surface area (Å²) in [7, 11) is 0. The summed E-state index contributed by atoms with van der Waals surface area (Å²) in [6, 6.07) is 3.71. The molecule has 0 radical (unpaired) electrons. The smallest absolute Gasteiger partial charge is 0.185 e. The van der Waals surface area contributed by atoms with Gasteiger partial charge in [0.1, 0.15) is 23.7 Å². The quantitative estimate of drug-likeness (QED) is 0.524. The highest BCUT2D eigenvalue weighted by atomic mass is 35.5. The standard InChI is InChI=1S/C15H16N10.2ClH/c1-10-18-15(11-8-23-7-6-16-5-4-12(23)19-11)25(21-10)14-3-2-13-20-17-9-24(13)22-14;;/h2-3,8-9,16H,4-7H2,1H3;2*1H. The lowest BCUT2D eigenvalue weighted by Crippen LogP contribution is -2.17. The van der Waals surface area contributed by atoms with Gasteiger partial charge in [-0.3, -0.25) is 0 Å². The number of rotatable bonds is 2. The van der Waals surface area contributed by atoms with E-state index in [0.717, 1.165) is 37.6 Å². The van der Waals surface area contributed by atoms with Crippen molar-refractivity contribution in [3.8, 4) is 17.3 Å². The molecule has 0 fully saturated rings. The number of nitrogens with zero attached hydrogens (tertiary/aromatic N) is 9. The summed E-state index contributed by atoms with van der Waals surface area (Å²) in [6.45, 7) is 4.65. The van der Waals surface area contributed by atoms with Gasteiger partial charge in [-0.2, -0.15) is 9.20 Å². The first-order chi connectivity index (χ1) is 12.3. The Kier molecular flexibility index (Phi) is 5.40. The monoisotopic (exact) mass is 408 g/mol. The Hall–Kier alpha value is -2.56. The molecule has 0 bridgehead atoms. The Balaban J connectivity index is 0.00000105. The van der Waals surface area contributed by atoms with Crippen molar-refractivity contribution in [3.63, 3.8) is 0 Å². The molecule has 0 amide bonds. The van der Waals surface area contributed by atoms with Gasteiger partial charge in [0.2, 0.25) is 0 Å². The Labute approximate surface area is 166 Å². The van der Waals surface area contributed by atoms with Gasteiger partial charge in [0.15, 0.2) is 17.3 Å². The van der Waals surface area contributed by atoms with Crippen LogP contribution in [0.3, 0.4) is 0 Å². The first kappa shape index (κ1) is 19.2.